The van der Waals surface area contributed by atoms with Crippen LogP contribution < -0.4 is 5.32 Å². The highest BCUT2D eigenvalue weighted by Crippen LogP contribution is 1.99. The van der Waals surface area contributed by atoms with Crippen molar-refractivity contribution in [3.63, 3.8) is 0 Å². The van der Waals surface area contributed by atoms with Crippen molar-refractivity contribution in [1.29, 1.82) is 0 Å². The minimum Gasteiger partial charge on any atom is -0.356 e. The maximum atomic E-state index is 5.42. The van der Waals surface area contributed by atoms with Crippen LogP contribution in [0.15, 0.2) is 12.3 Å². The molecule has 4 heteroatoms. The van der Waals surface area contributed by atoms with Gasteiger partial charge in [0.05, 0.1) is 6.00 Å². The maximum absolute atomic E-state index is 5.42. The summed E-state index contributed by atoms with van der Waals surface area (Å²) in [6.07, 6.45) is 1.69. The number of aryl methyl sites for hydroxylation is 1. The van der Waals surface area contributed by atoms with Gasteiger partial charge in [0.15, 0.2) is 0 Å². The fourth-order valence-electron chi connectivity index (χ4n) is 0.623. The van der Waals surface area contributed by atoms with Gasteiger partial charge in [-0.15, -0.1) is 11.6 Å². The molecule has 54 valence electrons. The van der Waals surface area contributed by atoms with Crippen molar-refractivity contribution >= 4 is 17.4 Å². The average molecular weight is 158 g/mol. The summed E-state index contributed by atoms with van der Waals surface area (Å²) in [7, 11) is 0. The van der Waals surface area contributed by atoms with Gasteiger partial charge in [-0.25, -0.2) is 9.97 Å². The molecule has 0 fully saturated rings. The normalized spacial score (nSPS) is 9.40. The molecule has 0 bridgehead atoms. The minimum absolute atomic E-state index is 0.371. The van der Waals surface area contributed by atoms with Gasteiger partial charge >= 0.3 is 0 Å². The number of anilines is 1. The van der Waals surface area contributed by atoms with Crippen LogP contribution in [-0.4, -0.2) is 16.0 Å². The molecule has 1 heterocycles. The van der Waals surface area contributed by atoms with E-state index in [-0.39, 0.29) is 0 Å². The topological polar surface area (TPSA) is 37.8 Å². The van der Waals surface area contributed by atoms with Gasteiger partial charge in [0, 0.05) is 6.20 Å². The van der Waals surface area contributed by atoms with Crippen molar-refractivity contribution < 1.29 is 0 Å². The zero-order chi connectivity index (χ0) is 7.40. The highest BCUT2D eigenvalue weighted by molar-refractivity contribution is 6.18. The summed E-state index contributed by atoms with van der Waals surface area (Å²) in [4.78, 5) is 7.98. The van der Waals surface area contributed by atoms with Crippen LogP contribution in [-0.2, 0) is 0 Å². The summed E-state index contributed by atoms with van der Waals surface area (Å²) < 4.78 is 0. The lowest BCUT2D eigenvalue weighted by Gasteiger charge is -1.99. The molecule has 0 aliphatic carbocycles. The Morgan fingerprint density at radius 1 is 1.70 bits per heavy atom. The van der Waals surface area contributed by atoms with Crippen molar-refractivity contribution in [3.05, 3.63) is 18.1 Å². The van der Waals surface area contributed by atoms with Gasteiger partial charge in [-0.3, -0.25) is 0 Å². The fraction of sp³-hybridized carbons (Fsp3) is 0.333. The molecule has 1 aromatic heterocycles. The van der Waals surface area contributed by atoms with Crippen LogP contribution in [0.4, 0.5) is 5.82 Å². The molecular formula is C6H8ClN3. The van der Waals surface area contributed by atoms with Crippen molar-refractivity contribution in [2.45, 2.75) is 6.92 Å². The summed E-state index contributed by atoms with van der Waals surface area (Å²) in [6, 6.07) is 2.14. The average Bonchev–Trinajstić information content (AvgIpc) is 1.88. The monoisotopic (exact) mass is 157 g/mol. The third kappa shape index (κ3) is 1.84. The molecule has 1 N–H and O–H groups in total. The van der Waals surface area contributed by atoms with E-state index in [1.54, 1.807) is 12.3 Å². The second kappa shape index (κ2) is 3.37. The Bertz CT molecular complexity index is 214. The molecule has 0 unspecified atom stereocenters. The first kappa shape index (κ1) is 7.28. The molecule has 0 radical (unpaired) electrons. The number of nitrogens with one attached hydrogen (secondary N) is 1. The lowest BCUT2D eigenvalue weighted by atomic mass is 10.5. The second-order valence-corrected chi connectivity index (χ2v) is 2.07. The Balaban J connectivity index is 2.75. The Labute approximate surface area is 64.5 Å². The Hall–Kier alpha value is -0.830. The molecule has 0 aromatic carbocycles. The summed E-state index contributed by atoms with van der Waals surface area (Å²) in [6.45, 7) is 1.83. The SMILES string of the molecule is Cc1nccc(NCCl)n1. The van der Waals surface area contributed by atoms with Crippen LogP contribution in [0.1, 0.15) is 5.82 Å². The van der Waals surface area contributed by atoms with Gasteiger partial charge in [0.1, 0.15) is 11.6 Å². The molecule has 0 spiro atoms. The number of hydrogen-bond acceptors (Lipinski definition) is 3. The molecule has 0 saturated carbocycles. The largest absolute Gasteiger partial charge is 0.356 e. The molecule has 0 aliphatic rings. The van der Waals surface area contributed by atoms with E-state index in [4.69, 9.17) is 11.6 Å². The van der Waals surface area contributed by atoms with Gasteiger partial charge in [-0.2, -0.15) is 0 Å². The van der Waals surface area contributed by atoms with Crippen LogP contribution in [0.2, 0.25) is 0 Å². The highest BCUT2D eigenvalue weighted by atomic mass is 35.5. The van der Waals surface area contributed by atoms with Crippen molar-refractivity contribution in [2.24, 2.45) is 0 Å². The molecule has 10 heavy (non-hydrogen) atoms. The Kier molecular flexibility index (Phi) is 2.45. The molecule has 0 saturated heterocycles. The second-order valence-electron chi connectivity index (χ2n) is 1.80. The van der Waals surface area contributed by atoms with Gasteiger partial charge in [0.2, 0.25) is 0 Å². The van der Waals surface area contributed by atoms with E-state index in [1.807, 2.05) is 6.92 Å². The smallest absolute Gasteiger partial charge is 0.130 e. The fourth-order valence-corrected chi connectivity index (χ4v) is 0.760. The van der Waals surface area contributed by atoms with E-state index in [0.717, 1.165) is 11.6 Å². The maximum Gasteiger partial charge on any atom is 0.130 e. The Morgan fingerprint density at radius 2 is 2.50 bits per heavy atom. The number of halogens is 1. The quantitative estimate of drug-likeness (QED) is 0.521. The van der Waals surface area contributed by atoms with Crippen LogP contribution >= 0.6 is 11.6 Å². The van der Waals surface area contributed by atoms with E-state index in [9.17, 15) is 0 Å². The number of hydrogen-bond donors (Lipinski definition) is 1. The molecule has 3 nitrogen and oxygen atoms in total. The third-order valence-electron chi connectivity index (χ3n) is 1.02. The zero-order valence-electron chi connectivity index (χ0n) is 5.63. The van der Waals surface area contributed by atoms with Crippen LogP contribution in [0.3, 0.4) is 0 Å². The zero-order valence-corrected chi connectivity index (χ0v) is 6.39. The summed E-state index contributed by atoms with van der Waals surface area (Å²) >= 11 is 5.42. The van der Waals surface area contributed by atoms with Crippen molar-refractivity contribution in [3.8, 4) is 0 Å². The van der Waals surface area contributed by atoms with Crippen molar-refractivity contribution in [1.82, 2.24) is 9.97 Å². The number of alkyl halides is 1. The first-order valence-corrected chi connectivity index (χ1v) is 3.46. The van der Waals surface area contributed by atoms with Crippen LogP contribution in [0.5, 0.6) is 0 Å². The van der Waals surface area contributed by atoms with Gasteiger partial charge in [-0.1, -0.05) is 0 Å². The van der Waals surface area contributed by atoms with E-state index in [0.29, 0.717) is 6.00 Å². The van der Waals surface area contributed by atoms with Gasteiger partial charge in [-0.05, 0) is 13.0 Å². The van der Waals surface area contributed by atoms with Crippen LogP contribution in [0, 0.1) is 6.92 Å². The summed E-state index contributed by atoms with van der Waals surface area (Å²) in [5, 5.41) is 2.86. The lowest BCUT2D eigenvalue weighted by molar-refractivity contribution is 1.05. The van der Waals surface area contributed by atoms with Crippen molar-refractivity contribution in [2.75, 3.05) is 11.3 Å². The highest BCUT2D eigenvalue weighted by Gasteiger charge is 1.90. The summed E-state index contributed by atoms with van der Waals surface area (Å²) in [5.74, 6) is 1.51. The predicted octanol–water partition coefficient (Wildman–Crippen LogP) is 1.39. The van der Waals surface area contributed by atoms with Crippen LogP contribution in [0.25, 0.3) is 0 Å². The molecule has 1 rings (SSSR count). The predicted molar refractivity (Wildman–Crippen MR) is 41.1 cm³/mol. The molecule has 0 atom stereocenters. The molecule has 0 amide bonds. The van der Waals surface area contributed by atoms with E-state index in [1.165, 1.54) is 0 Å². The summed E-state index contributed by atoms with van der Waals surface area (Å²) in [5.41, 5.74) is 0. The first-order chi connectivity index (χ1) is 4.83. The van der Waals surface area contributed by atoms with Gasteiger partial charge in [0.25, 0.3) is 0 Å². The Morgan fingerprint density at radius 3 is 3.10 bits per heavy atom. The lowest BCUT2D eigenvalue weighted by Crippen LogP contribution is -1.98. The number of nitrogens with zero attached hydrogens (tertiary/aromatic N) is 2. The minimum atomic E-state index is 0.371. The third-order valence-corrected chi connectivity index (χ3v) is 1.16. The van der Waals surface area contributed by atoms with E-state index in [2.05, 4.69) is 15.3 Å². The van der Waals surface area contributed by atoms with Gasteiger partial charge < -0.3 is 5.32 Å². The first-order valence-electron chi connectivity index (χ1n) is 2.92. The number of aromatic nitrogens is 2. The standard InChI is InChI=1S/C6H8ClN3/c1-5-8-3-2-6(10-5)9-4-7/h2-3H,4H2,1H3,(H,8,9,10). The van der Waals surface area contributed by atoms with E-state index >= 15 is 0 Å². The van der Waals surface area contributed by atoms with E-state index < -0.39 is 0 Å². The molecular weight excluding hydrogens is 150 g/mol. The number of rotatable bonds is 2. The molecule has 0 aliphatic heterocycles. The molecule has 1 aromatic rings.